The standard InChI is InChI=1S/C13H16BrNO4/c1-8(13(17)18)15-12(16)6-4-9-3-5-11(19-2)10(14)7-9/h3,5,7-8H,4,6H2,1-2H3,(H,15,16)(H,17,18). The molecule has 0 spiro atoms. The van der Waals surface area contributed by atoms with Crippen LogP contribution in [0.3, 0.4) is 0 Å². The van der Waals surface area contributed by atoms with Gasteiger partial charge in [-0.05, 0) is 47.0 Å². The number of carboxylic acid groups (broad SMARTS) is 1. The van der Waals surface area contributed by atoms with Gasteiger partial charge in [0.1, 0.15) is 11.8 Å². The largest absolute Gasteiger partial charge is 0.496 e. The summed E-state index contributed by atoms with van der Waals surface area (Å²) in [5.41, 5.74) is 0.978. The first-order chi connectivity index (χ1) is 8.93. The minimum absolute atomic E-state index is 0.246. The summed E-state index contributed by atoms with van der Waals surface area (Å²) in [6.07, 6.45) is 0.789. The number of aryl methyl sites for hydroxylation is 1. The summed E-state index contributed by atoms with van der Waals surface area (Å²) >= 11 is 3.37. The van der Waals surface area contributed by atoms with Crippen LogP contribution in [0.25, 0.3) is 0 Å². The average Bonchev–Trinajstić information content (AvgIpc) is 2.36. The zero-order valence-electron chi connectivity index (χ0n) is 10.8. The van der Waals surface area contributed by atoms with Crippen molar-refractivity contribution in [3.8, 4) is 5.75 Å². The molecule has 19 heavy (non-hydrogen) atoms. The highest BCUT2D eigenvalue weighted by Gasteiger charge is 2.13. The number of nitrogens with one attached hydrogen (secondary N) is 1. The minimum atomic E-state index is -1.04. The van der Waals surface area contributed by atoms with Crippen LogP contribution in [0.15, 0.2) is 22.7 Å². The number of aliphatic carboxylic acids is 1. The van der Waals surface area contributed by atoms with Crippen molar-refractivity contribution in [2.75, 3.05) is 7.11 Å². The summed E-state index contributed by atoms with van der Waals surface area (Å²) in [5.74, 6) is -0.588. The molecule has 0 heterocycles. The van der Waals surface area contributed by atoms with Gasteiger partial charge in [-0.1, -0.05) is 6.07 Å². The number of hydrogen-bond acceptors (Lipinski definition) is 3. The number of carbonyl (C=O) groups excluding carboxylic acids is 1. The molecule has 1 aromatic carbocycles. The molecule has 0 bridgehead atoms. The van der Waals surface area contributed by atoms with Gasteiger partial charge in [-0.15, -0.1) is 0 Å². The van der Waals surface area contributed by atoms with Gasteiger partial charge in [0.2, 0.25) is 5.91 Å². The molecule has 1 rings (SSSR count). The Labute approximate surface area is 120 Å². The topological polar surface area (TPSA) is 75.6 Å². The Morgan fingerprint density at radius 2 is 2.16 bits per heavy atom. The smallest absolute Gasteiger partial charge is 0.325 e. The number of carboxylic acids is 1. The number of hydrogen-bond donors (Lipinski definition) is 2. The summed E-state index contributed by atoms with van der Waals surface area (Å²) in [5, 5.41) is 11.1. The maximum Gasteiger partial charge on any atom is 0.325 e. The number of ether oxygens (including phenoxy) is 1. The molecule has 5 nitrogen and oxygen atoms in total. The van der Waals surface area contributed by atoms with Gasteiger partial charge < -0.3 is 15.2 Å². The molecular formula is C13H16BrNO4. The fourth-order valence-electron chi connectivity index (χ4n) is 1.50. The van der Waals surface area contributed by atoms with Gasteiger partial charge in [-0.3, -0.25) is 9.59 Å². The zero-order chi connectivity index (χ0) is 14.4. The van der Waals surface area contributed by atoms with Gasteiger partial charge in [0, 0.05) is 6.42 Å². The van der Waals surface area contributed by atoms with Crippen LogP contribution in [0, 0.1) is 0 Å². The lowest BCUT2D eigenvalue weighted by molar-refractivity contribution is -0.141. The quantitative estimate of drug-likeness (QED) is 0.836. The van der Waals surface area contributed by atoms with E-state index in [4.69, 9.17) is 9.84 Å². The summed E-state index contributed by atoms with van der Waals surface area (Å²) in [7, 11) is 1.58. The third-order valence-electron chi connectivity index (χ3n) is 2.60. The second kappa shape index (κ2) is 7.13. The Morgan fingerprint density at radius 1 is 1.47 bits per heavy atom. The zero-order valence-corrected chi connectivity index (χ0v) is 12.4. The second-order valence-electron chi connectivity index (χ2n) is 4.10. The van der Waals surface area contributed by atoms with E-state index in [-0.39, 0.29) is 12.3 Å². The molecule has 1 aromatic rings. The van der Waals surface area contributed by atoms with Crippen molar-refractivity contribution in [2.24, 2.45) is 0 Å². The highest BCUT2D eigenvalue weighted by Crippen LogP contribution is 2.25. The van der Waals surface area contributed by atoms with Gasteiger partial charge in [0.25, 0.3) is 0 Å². The van der Waals surface area contributed by atoms with Crippen molar-refractivity contribution in [1.29, 1.82) is 0 Å². The number of rotatable bonds is 6. The predicted molar refractivity (Wildman–Crippen MR) is 74.3 cm³/mol. The monoisotopic (exact) mass is 329 g/mol. The summed E-state index contributed by atoms with van der Waals surface area (Å²) in [6.45, 7) is 1.43. The third kappa shape index (κ3) is 4.90. The van der Waals surface area contributed by atoms with Crippen LogP contribution in [0.2, 0.25) is 0 Å². The van der Waals surface area contributed by atoms with E-state index in [2.05, 4.69) is 21.2 Å². The molecule has 104 valence electrons. The van der Waals surface area contributed by atoms with Crippen LogP contribution in [0.5, 0.6) is 5.75 Å². The van der Waals surface area contributed by atoms with E-state index in [0.717, 1.165) is 15.8 Å². The van der Waals surface area contributed by atoms with Gasteiger partial charge in [0.15, 0.2) is 0 Å². The highest BCUT2D eigenvalue weighted by atomic mass is 79.9. The Morgan fingerprint density at radius 3 is 2.68 bits per heavy atom. The van der Waals surface area contributed by atoms with Gasteiger partial charge in [-0.2, -0.15) is 0 Å². The molecule has 0 saturated carbocycles. The first-order valence-electron chi connectivity index (χ1n) is 5.78. The van der Waals surface area contributed by atoms with Crippen LogP contribution >= 0.6 is 15.9 Å². The first-order valence-corrected chi connectivity index (χ1v) is 6.58. The Balaban J connectivity index is 2.50. The lowest BCUT2D eigenvalue weighted by Crippen LogP contribution is -2.38. The molecule has 0 aliphatic rings. The fraction of sp³-hybridized carbons (Fsp3) is 0.385. The van der Waals surface area contributed by atoms with Crippen molar-refractivity contribution >= 4 is 27.8 Å². The van der Waals surface area contributed by atoms with E-state index in [1.54, 1.807) is 7.11 Å². The van der Waals surface area contributed by atoms with Crippen LogP contribution in [0.4, 0.5) is 0 Å². The molecule has 0 fully saturated rings. The van der Waals surface area contributed by atoms with Crippen LogP contribution in [-0.2, 0) is 16.0 Å². The molecule has 0 aliphatic carbocycles. The lowest BCUT2D eigenvalue weighted by atomic mass is 10.1. The van der Waals surface area contributed by atoms with Gasteiger partial charge in [-0.25, -0.2) is 0 Å². The summed E-state index contributed by atoms with van der Waals surface area (Å²) in [4.78, 5) is 22.1. The second-order valence-corrected chi connectivity index (χ2v) is 4.95. The molecule has 0 saturated heterocycles. The third-order valence-corrected chi connectivity index (χ3v) is 3.22. The van der Waals surface area contributed by atoms with E-state index in [1.807, 2.05) is 18.2 Å². The molecule has 6 heteroatoms. The predicted octanol–water partition coefficient (Wildman–Crippen LogP) is 1.98. The average molecular weight is 330 g/mol. The first kappa shape index (κ1) is 15.5. The SMILES string of the molecule is COc1ccc(CCC(=O)NC(C)C(=O)O)cc1Br. The Kier molecular flexibility index (Phi) is 5.82. The van der Waals surface area contributed by atoms with Gasteiger partial charge in [0.05, 0.1) is 11.6 Å². The van der Waals surface area contributed by atoms with E-state index in [1.165, 1.54) is 6.92 Å². The summed E-state index contributed by atoms with van der Waals surface area (Å²) in [6, 6.07) is 4.71. The fourth-order valence-corrected chi connectivity index (χ4v) is 2.09. The van der Waals surface area contributed by atoms with Crippen molar-refractivity contribution in [1.82, 2.24) is 5.32 Å². The van der Waals surface area contributed by atoms with Crippen LogP contribution in [0.1, 0.15) is 18.9 Å². The Bertz CT molecular complexity index is 476. The number of halogens is 1. The van der Waals surface area contributed by atoms with Gasteiger partial charge >= 0.3 is 5.97 Å². The summed E-state index contributed by atoms with van der Waals surface area (Å²) < 4.78 is 5.94. The van der Waals surface area contributed by atoms with E-state index in [0.29, 0.717) is 6.42 Å². The number of carbonyl (C=O) groups is 2. The highest BCUT2D eigenvalue weighted by molar-refractivity contribution is 9.10. The number of methoxy groups -OCH3 is 1. The molecule has 1 atom stereocenters. The van der Waals surface area contributed by atoms with Crippen LogP contribution < -0.4 is 10.1 Å². The molecule has 0 aromatic heterocycles. The normalized spacial score (nSPS) is 11.7. The lowest BCUT2D eigenvalue weighted by Gasteiger charge is -2.09. The van der Waals surface area contributed by atoms with E-state index >= 15 is 0 Å². The minimum Gasteiger partial charge on any atom is -0.496 e. The molecule has 0 aliphatic heterocycles. The maximum absolute atomic E-state index is 11.5. The van der Waals surface area contributed by atoms with Crippen molar-refractivity contribution in [2.45, 2.75) is 25.8 Å². The number of benzene rings is 1. The number of amides is 1. The van der Waals surface area contributed by atoms with Crippen LogP contribution in [-0.4, -0.2) is 30.1 Å². The molecular weight excluding hydrogens is 314 g/mol. The maximum atomic E-state index is 11.5. The molecule has 0 radical (unpaired) electrons. The molecule has 2 N–H and O–H groups in total. The van der Waals surface area contributed by atoms with Crippen molar-refractivity contribution in [3.05, 3.63) is 28.2 Å². The van der Waals surface area contributed by atoms with Crippen molar-refractivity contribution in [3.63, 3.8) is 0 Å². The molecule has 1 unspecified atom stereocenters. The van der Waals surface area contributed by atoms with E-state index < -0.39 is 12.0 Å². The molecule has 1 amide bonds. The van der Waals surface area contributed by atoms with E-state index in [9.17, 15) is 9.59 Å². The Hall–Kier alpha value is -1.56. The van der Waals surface area contributed by atoms with Crippen molar-refractivity contribution < 1.29 is 19.4 Å².